The van der Waals surface area contributed by atoms with Gasteiger partial charge in [0.15, 0.2) is 23.2 Å². The van der Waals surface area contributed by atoms with E-state index in [2.05, 4.69) is 25.3 Å². The monoisotopic (exact) mass is 1030 g/mol. The molecule has 1 fully saturated rings. The van der Waals surface area contributed by atoms with Crippen molar-refractivity contribution >= 4 is 52.9 Å². The Morgan fingerprint density at radius 3 is 2.12 bits per heavy atom. The molecular weight excluding hydrogens is 963 g/mol. The van der Waals surface area contributed by atoms with Crippen LogP contribution in [-0.4, -0.2) is 92.5 Å². The Balaban J connectivity index is 0.00000963. The predicted molar refractivity (Wildman–Crippen MR) is 275 cm³/mol. The Bertz CT molecular complexity index is 2720. The van der Waals surface area contributed by atoms with Crippen LogP contribution in [0.15, 0.2) is 60.7 Å². The van der Waals surface area contributed by atoms with Crippen LogP contribution in [0, 0.1) is 37.0 Å². The van der Waals surface area contributed by atoms with Crippen LogP contribution in [0.25, 0.3) is 22.5 Å². The lowest BCUT2D eigenvalue weighted by atomic mass is 9.89. The third-order valence-electron chi connectivity index (χ3n) is 12.5. The van der Waals surface area contributed by atoms with E-state index in [0.717, 1.165) is 31.4 Å². The van der Waals surface area contributed by atoms with Gasteiger partial charge in [0.1, 0.15) is 36.5 Å². The summed E-state index contributed by atoms with van der Waals surface area (Å²) in [7, 11) is -4.39. The summed E-state index contributed by atoms with van der Waals surface area (Å²) in [5.74, 6) is -3.75. The molecule has 3 aromatic carbocycles. The molecule has 1 aliphatic carbocycles. The van der Waals surface area contributed by atoms with Crippen molar-refractivity contribution in [1.29, 1.82) is 5.26 Å². The summed E-state index contributed by atoms with van der Waals surface area (Å²) in [5.41, 5.74) is 14.9. The zero-order chi connectivity index (χ0) is 51.2. The van der Waals surface area contributed by atoms with Crippen LogP contribution in [0.5, 0.6) is 17.2 Å². The highest BCUT2D eigenvalue weighted by molar-refractivity contribution is 7.87. The van der Waals surface area contributed by atoms with E-state index in [1.165, 1.54) is 13.3 Å². The lowest BCUT2D eigenvalue weighted by Gasteiger charge is -2.26. The highest BCUT2D eigenvalue weighted by atomic mass is 32.2. The summed E-state index contributed by atoms with van der Waals surface area (Å²) in [6.45, 7) is 4.71. The minimum absolute atomic E-state index is 0. The van der Waals surface area contributed by atoms with E-state index in [-0.39, 0.29) is 82.1 Å². The Morgan fingerprint density at radius 2 is 1.51 bits per heavy atom. The molecule has 0 spiro atoms. The van der Waals surface area contributed by atoms with Gasteiger partial charge >= 0.3 is 0 Å². The first-order valence-corrected chi connectivity index (χ1v) is 25.4. The van der Waals surface area contributed by atoms with Crippen LogP contribution in [-0.2, 0) is 35.8 Å². The summed E-state index contributed by atoms with van der Waals surface area (Å²) >= 11 is 0. The molecule has 2 aliphatic rings. The van der Waals surface area contributed by atoms with Crippen LogP contribution in [0.1, 0.15) is 104 Å². The van der Waals surface area contributed by atoms with Gasteiger partial charge < -0.3 is 36.3 Å². The van der Waals surface area contributed by atoms with E-state index in [0.29, 0.717) is 51.0 Å². The number of hydrogen-bond acceptors (Lipinski definition) is 15. The van der Waals surface area contributed by atoms with Gasteiger partial charge in [-0.05, 0) is 106 Å². The molecule has 72 heavy (non-hydrogen) atoms. The second-order valence-corrected chi connectivity index (χ2v) is 19.4. The average molecular weight is 1030 g/mol. The van der Waals surface area contributed by atoms with Crippen molar-refractivity contribution in [2.45, 2.75) is 103 Å². The number of nitrogens with one attached hydrogen (secondary N) is 3. The van der Waals surface area contributed by atoms with Gasteiger partial charge in [0.05, 0.1) is 41.1 Å². The molecule has 19 nitrogen and oxygen atoms in total. The topological polar surface area (TPSA) is 311 Å². The van der Waals surface area contributed by atoms with E-state index >= 15 is 0 Å². The third-order valence-corrected chi connectivity index (χ3v) is 13.0. The number of fused-ring (bicyclic) bond motifs is 5. The molecular formula is C51H65N9O10S2. The van der Waals surface area contributed by atoms with E-state index < -0.39 is 76.9 Å². The maximum absolute atomic E-state index is 14.6. The molecule has 0 radical (unpaired) electrons. The highest BCUT2D eigenvalue weighted by Gasteiger charge is 2.34. The summed E-state index contributed by atoms with van der Waals surface area (Å²) in [6, 6.07) is 16.8. The second kappa shape index (κ2) is 26.4. The number of benzene rings is 3. The number of nitrogens with zero attached hydrogens (tertiary/aromatic N) is 3. The van der Waals surface area contributed by atoms with Crippen molar-refractivity contribution in [1.82, 2.24) is 25.3 Å². The van der Waals surface area contributed by atoms with Crippen molar-refractivity contribution in [3.8, 4) is 45.8 Å². The maximum atomic E-state index is 14.6. The fraction of sp³-hybridized carbons (Fsp3) is 0.451. The van der Waals surface area contributed by atoms with Crippen molar-refractivity contribution in [2.75, 3.05) is 32.8 Å². The summed E-state index contributed by atoms with van der Waals surface area (Å²) in [4.78, 5) is 80.0. The first kappa shape index (κ1) is 56.6. The maximum Gasteiger partial charge on any atom is 0.274 e. The normalized spacial score (nSPS) is 17.8. The fourth-order valence-electron chi connectivity index (χ4n) is 8.82. The van der Waals surface area contributed by atoms with Crippen LogP contribution in [0.3, 0.4) is 0 Å². The molecule has 21 heteroatoms. The Kier molecular flexibility index (Phi) is 20.8. The minimum Gasteiger partial charge on any atom is -0.492 e. The molecule has 0 unspecified atom stereocenters. The second-order valence-electron chi connectivity index (χ2n) is 18.0. The van der Waals surface area contributed by atoms with Crippen molar-refractivity contribution in [3.05, 3.63) is 88.7 Å². The van der Waals surface area contributed by atoms with Gasteiger partial charge in [-0.1, -0.05) is 25.5 Å². The molecule has 4 atom stereocenters. The van der Waals surface area contributed by atoms with E-state index in [1.54, 1.807) is 50.2 Å². The zero-order valence-corrected chi connectivity index (χ0v) is 42.6. The number of ether oxygens (including phenoxy) is 3. The van der Waals surface area contributed by atoms with Crippen LogP contribution in [0.2, 0.25) is 0 Å². The number of aryl methyl sites for hydroxylation is 2. The summed E-state index contributed by atoms with van der Waals surface area (Å²) in [6.07, 6.45) is 4.55. The lowest BCUT2D eigenvalue weighted by Crippen LogP contribution is -2.46. The molecule has 1 aromatic heterocycles. The zero-order valence-electron chi connectivity index (χ0n) is 40.8. The Hall–Kier alpha value is -6.28. The highest BCUT2D eigenvalue weighted by Crippen LogP contribution is 2.40. The van der Waals surface area contributed by atoms with E-state index in [9.17, 15) is 37.7 Å². The first-order chi connectivity index (χ1) is 34.0. The lowest BCUT2D eigenvalue weighted by molar-refractivity contribution is -0.133. The molecule has 2 amide bonds. The molecule has 1 aliphatic heterocycles. The molecule has 0 saturated heterocycles. The molecule has 4 bridgehead atoms. The van der Waals surface area contributed by atoms with Gasteiger partial charge in [0.25, 0.3) is 10.2 Å². The molecule has 386 valence electrons. The quantitative estimate of drug-likeness (QED) is 0.0674. The average Bonchev–Trinajstić information content (AvgIpc) is 3.34. The number of carbonyl (C=O) groups excluding carboxylic acids is 5. The molecule has 6 rings (SSSR count). The standard InChI is InChI=1S/C51H63N9O10S.H2S/c1-30-24-44(63)48(35-14-18-46(69-23-21-54)40(27-35)39-25-33(11-17-45(39)68-22-20-53)26-41(59-50(30)64)42(61)10-7-19-52)60-51(65)36(29-56-71(55,66)67)28-43(62)47-31(2)57-49(58-32(47)3)34-12-15-38(16-13-34)70-37-8-5-4-6-9-37;/h11-18,25,27,30,36-37,41,48,56H,4-10,20-24,26,28-29,53-54H2,1-3H3,(H,59,64)(H,60,65)(H2,55,66,67);1H2/t30-,36+,41+,48+;/m1./s1. The number of Topliss-reactive ketones (excluding diaryl/α,β-unsaturated/α-hetero) is 3. The summed E-state index contributed by atoms with van der Waals surface area (Å²) in [5, 5.41) is 20.1. The van der Waals surface area contributed by atoms with Gasteiger partial charge in [-0.2, -0.15) is 27.2 Å². The van der Waals surface area contributed by atoms with E-state index in [4.69, 9.17) is 30.8 Å². The van der Waals surface area contributed by atoms with Gasteiger partial charge in [-0.3, -0.25) is 24.0 Å². The molecule has 4 aromatic rings. The Labute approximate surface area is 427 Å². The van der Waals surface area contributed by atoms with Gasteiger partial charge in [-0.15, -0.1) is 0 Å². The number of nitrogens with two attached hydrogens (primary N) is 3. The molecule has 1 saturated carbocycles. The van der Waals surface area contributed by atoms with Crippen molar-refractivity contribution in [2.24, 2.45) is 28.4 Å². The number of hydrogen-bond donors (Lipinski definition) is 6. The van der Waals surface area contributed by atoms with Gasteiger partial charge in [0, 0.05) is 67.9 Å². The smallest absolute Gasteiger partial charge is 0.274 e. The number of nitriles is 1. The SMILES string of the molecule is Cc1nc(-c2ccc(OC3CCCCC3)cc2)nc(C)c1C(=O)C[C@@H](CNS(N)(=O)=O)C(=O)N[C@@H]1C(=O)C[C@@H](C)C(=O)N[C@H](C(=O)CCC#N)Cc2ccc(OCCN)c(c2)-c2cc1ccc2OCCN.S. The van der Waals surface area contributed by atoms with Crippen LogP contribution in [0.4, 0.5) is 0 Å². The third kappa shape index (κ3) is 15.4. The summed E-state index contributed by atoms with van der Waals surface area (Å²) < 4.78 is 45.0. The number of aromatic nitrogens is 2. The molecule has 9 N–H and O–H groups in total. The number of rotatable bonds is 20. The Morgan fingerprint density at radius 1 is 0.889 bits per heavy atom. The van der Waals surface area contributed by atoms with Gasteiger partial charge in [0.2, 0.25) is 11.8 Å². The van der Waals surface area contributed by atoms with Crippen LogP contribution >= 0.6 is 13.5 Å². The van der Waals surface area contributed by atoms with E-state index in [1.807, 2.05) is 30.3 Å². The fourth-order valence-corrected chi connectivity index (χ4v) is 9.25. The first-order valence-electron chi connectivity index (χ1n) is 23.9. The largest absolute Gasteiger partial charge is 0.492 e. The minimum atomic E-state index is -4.39. The molecule has 2 heterocycles. The van der Waals surface area contributed by atoms with Crippen molar-refractivity contribution < 1.29 is 46.6 Å². The number of ketones is 3. The van der Waals surface area contributed by atoms with Crippen molar-refractivity contribution in [3.63, 3.8) is 0 Å². The number of amides is 2. The number of carbonyl (C=O) groups is 5. The predicted octanol–water partition coefficient (Wildman–Crippen LogP) is 4.28. The van der Waals surface area contributed by atoms with Gasteiger partial charge in [-0.25, -0.2) is 19.8 Å². The van der Waals surface area contributed by atoms with Crippen LogP contribution < -0.4 is 46.2 Å².